The minimum absolute atomic E-state index is 0.130. The highest BCUT2D eigenvalue weighted by atomic mass is 16.4. The highest BCUT2D eigenvalue weighted by Crippen LogP contribution is 2.38. The van der Waals surface area contributed by atoms with E-state index in [9.17, 15) is 9.90 Å². The van der Waals surface area contributed by atoms with Crippen molar-refractivity contribution in [2.45, 2.75) is 18.8 Å². The minimum atomic E-state index is -1.01. The Hall–Kier alpha value is -2.30. The lowest BCUT2D eigenvalue weighted by molar-refractivity contribution is 0.0697. The van der Waals surface area contributed by atoms with E-state index < -0.39 is 5.97 Å². The van der Waals surface area contributed by atoms with Gasteiger partial charge in [-0.2, -0.15) is 0 Å². The molecule has 1 aliphatic rings. The van der Waals surface area contributed by atoms with Crippen LogP contribution in [-0.2, 0) is 0 Å². The molecule has 0 bridgehead atoms. The maximum Gasteiger partial charge on any atom is 0.339 e. The SMILES string of the molecule is O=C(O)c1cnc(C2CC2)nc1-c1ccncc1. The van der Waals surface area contributed by atoms with E-state index in [1.807, 2.05) is 0 Å². The molecule has 0 amide bonds. The summed E-state index contributed by atoms with van der Waals surface area (Å²) >= 11 is 0. The Kier molecular flexibility index (Phi) is 2.51. The molecule has 5 nitrogen and oxygen atoms in total. The quantitative estimate of drug-likeness (QED) is 0.890. The summed E-state index contributed by atoms with van der Waals surface area (Å²) in [7, 11) is 0. The number of nitrogens with zero attached hydrogens (tertiary/aromatic N) is 3. The van der Waals surface area contributed by atoms with Crippen LogP contribution in [0.25, 0.3) is 11.3 Å². The van der Waals surface area contributed by atoms with E-state index in [1.165, 1.54) is 6.20 Å². The smallest absolute Gasteiger partial charge is 0.339 e. The van der Waals surface area contributed by atoms with Gasteiger partial charge in [0.1, 0.15) is 11.4 Å². The third-order valence-electron chi connectivity index (χ3n) is 2.93. The van der Waals surface area contributed by atoms with Crippen molar-refractivity contribution < 1.29 is 9.90 Å². The molecule has 5 heteroatoms. The molecule has 90 valence electrons. The van der Waals surface area contributed by atoms with Crippen LogP contribution in [0, 0.1) is 0 Å². The Bertz CT molecular complexity index is 594. The van der Waals surface area contributed by atoms with Crippen molar-refractivity contribution in [3.8, 4) is 11.3 Å². The summed E-state index contributed by atoms with van der Waals surface area (Å²) in [5.41, 5.74) is 1.36. The number of hydrogen-bond donors (Lipinski definition) is 1. The lowest BCUT2D eigenvalue weighted by Gasteiger charge is -2.06. The van der Waals surface area contributed by atoms with Crippen molar-refractivity contribution >= 4 is 5.97 Å². The van der Waals surface area contributed by atoms with Crippen LogP contribution in [-0.4, -0.2) is 26.0 Å². The minimum Gasteiger partial charge on any atom is -0.478 e. The monoisotopic (exact) mass is 241 g/mol. The van der Waals surface area contributed by atoms with Gasteiger partial charge >= 0.3 is 5.97 Å². The summed E-state index contributed by atoms with van der Waals surface area (Å²) in [5, 5.41) is 9.18. The zero-order valence-electron chi connectivity index (χ0n) is 9.58. The van der Waals surface area contributed by atoms with Crippen LogP contribution in [0.1, 0.15) is 34.9 Å². The molecule has 0 aliphatic heterocycles. The van der Waals surface area contributed by atoms with Gasteiger partial charge in [0, 0.05) is 30.1 Å². The molecule has 18 heavy (non-hydrogen) atoms. The van der Waals surface area contributed by atoms with Crippen molar-refractivity contribution in [1.82, 2.24) is 15.0 Å². The zero-order chi connectivity index (χ0) is 12.5. The molecule has 1 fully saturated rings. The number of aromatic nitrogens is 3. The fraction of sp³-hybridized carbons (Fsp3) is 0.231. The molecule has 0 unspecified atom stereocenters. The van der Waals surface area contributed by atoms with Gasteiger partial charge in [-0.15, -0.1) is 0 Å². The van der Waals surface area contributed by atoms with Crippen molar-refractivity contribution in [2.75, 3.05) is 0 Å². The predicted molar refractivity (Wildman–Crippen MR) is 64.2 cm³/mol. The molecular weight excluding hydrogens is 230 g/mol. The van der Waals surface area contributed by atoms with Crippen LogP contribution in [0.3, 0.4) is 0 Å². The first-order chi connectivity index (χ1) is 8.75. The number of carboxylic acids is 1. The second kappa shape index (κ2) is 4.18. The Morgan fingerprint density at radius 3 is 2.61 bits per heavy atom. The largest absolute Gasteiger partial charge is 0.478 e. The third-order valence-corrected chi connectivity index (χ3v) is 2.93. The van der Waals surface area contributed by atoms with Crippen LogP contribution < -0.4 is 0 Å². The number of carboxylic acid groups (broad SMARTS) is 1. The first kappa shape index (κ1) is 10.8. The summed E-state index contributed by atoms with van der Waals surface area (Å²) in [6, 6.07) is 3.51. The van der Waals surface area contributed by atoms with Crippen LogP contribution >= 0.6 is 0 Å². The van der Waals surface area contributed by atoms with Crippen LogP contribution in [0.5, 0.6) is 0 Å². The second-order valence-electron chi connectivity index (χ2n) is 4.31. The maximum absolute atomic E-state index is 11.2. The molecule has 1 saturated carbocycles. The van der Waals surface area contributed by atoms with Gasteiger partial charge in [-0.05, 0) is 25.0 Å². The van der Waals surface area contributed by atoms with Gasteiger partial charge in [0.25, 0.3) is 0 Å². The van der Waals surface area contributed by atoms with Crippen LogP contribution in [0.4, 0.5) is 0 Å². The zero-order valence-corrected chi connectivity index (χ0v) is 9.58. The molecule has 0 atom stereocenters. The van der Waals surface area contributed by atoms with Crippen molar-refractivity contribution in [1.29, 1.82) is 0 Å². The summed E-state index contributed by atoms with van der Waals surface area (Å²) in [6.45, 7) is 0. The van der Waals surface area contributed by atoms with Gasteiger partial charge < -0.3 is 5.11 Å². The molecule has 0 aromatic carbocycles. The highest BCUT2D eigenvalue weighted by molar-refractivity contribution is 5.94. The van der Waals surface area contributed by atoms with E-state index in [1.54, 1.807) is 24.5 Å². The fourth-order valence-corrected chi connectivity index (χ4v) is 1.82. The van der Waals surface area contributed by atoms with Gasteiger partial charge in [-0.3, -0.25) is 4.98 Å². The van der Waals surface area contributed by atoms with E-state index in [0.29, 0.717) is 11.6 Å². The van der Waals surface area contributed by atoms with Crippen LogP contribution in [0.2, 0.25) is 0 Å². The number of rotatable bonds is 3. The van der Waals surface area contributed by atoms with Gasteiger partial charge in [-0.1, -0.05) is 0 Å². The van der Waals surface area contributed by atoms with E-state index in [0.717, 1.165) is 24.2 Å². The molecule has 3 rings (SSSR count). The Morgan fingerprint density at radius 2 is 2.00 bits per heavy atom. The molecule has 2 aromatic rings. The third kappa shape index (κ3) is 1.95. The average molecular weight is 241 g/mol. The first-order valence-corrected chi connectivity index (χ1v) is 5.76. The fourth-order valence-electron chi connectivity index (χ4n) is 1.82. The molecule has 0 spiro atoms. The highest BCUT2D eigenvalue weighted by Gasteiger charge is 2.28. The Balaban J connectivity index is 2.14. The second-order valence-corrected chi connectivity index (χ2v) is 4.31. The summed E-state index contributed by atoms with van der Waals surface area (Å²) in [5.74, 6) is 0.129. The van der Waals surface area contributed by atoms with E-state index in [-0.39, 0.29) is 5.56 Å². The van der Waals surface area contributed by atoms with Crippen LogP contribution in [0.15, 0.2) is 30.7 Å². The summed E-state index contributed by atoms with van der Waals surface area (Å²) in [4.78, 5) is 23.7. The Labute approximate surface area is 104 Å². The van der Waals surface area contributed by atoms with Gasteiger partial charge in [0.15, 0.2) is 0 Å². The first-order valence-electron chi connectivity index (χ1n) is 5.76. The van der Waals surface area contributed by atoms with E-state index in [2.05, 4.69) is 15.0 Å². The van der Waals surface area contributed by atoms with Crippen molar-refractivity contribution in [3.63, 3.8) is 0 Å². The van der Waals surface area contributed by atoms with Crippen molar-refractivity contribution in [3.05, 3.63) is 42.1 Å². The Morgan fingerprint density at radius 1 is 1.28 bits per heavy atom. The summed E-state index contributed by atoms with van der Waals surface area (Å²) < 4.78 is 0. The molecule has 0 saturated heterocycles. The molecule has 0 radical (unpaired) electrons. The predicted octanol–water partition coefficient (Wildman–Crippen LogP) is 2.11. The van der Waals surface area contributed by atoms with E-state index in [4.69, 9.17) is 0 Å². The molecule has 2 heterocycles. The average Bonchev–Trinajstić information content (AvgIpc) is 3.23. The topological polar surface area (TPSA) is 76.0 Å². The maximum atomic E-state index is 11.2. The summed E-state index contributed by atoms with van der Waals surface area (Å²) in [6.07, 6.45) is 6.82. The number of hydrogen-bond acceptors (Lipinski definition) is 4. The lowest BCUT2D eigenvalue weighted by atomic mass is 10.1. The lowest BCUT2D eigenvalue weighted by Crippen LogP contribution is -2.05. The van der Waals surface area contributed by atoms with Gasteiger partial charge in [-0.25, -0.2) is 14.8 Å². The number of aromatic carboxylic acids is 1. The van der Waals surface area contributed by atoms with E-state index >= 15 is 0 Å². The van der Waals surface area contributed by atoms with Crippen molar-refractivity contribution in [2.24, 2.45) is 0 Å². The van der Waals surface area contributed by atoms with Gasteiger partial charge in [0.2, 0.25) is 0 Å². The number of carbonyl (C=O) groups is 1. The van der Waals surface area contributed by atoms with Gasteiger partial charge in [0.05, 0.1) is 5.69 Å². The number of pyridine rings is 1. The standard InChI is InChI=1S/C13H11N3O2/c17-13(18)10-7-15-12(9-1-2-9)16-11(10)8-3-5-14-6-4-8/h3-7,9H,1-2H2,(H,17,18). The normalized spacial score (nSPS) is 14.4. The molecule has 2 aromatic heterocycles. The molecule has 1 N–H and O–H groups in total. The molecule has 1 aliphatic carbocycles. The molecular formula is C13H11N3O2.